The number of anilines is 1. The maximum atomic E-state index is 15.9. The van der Waals surface area contributed by atoms with Crippen LogP contribution >= 0.6 is 11.6 Å². The lowest BCUT2D eigenvalue weighted by Gasteiger charge is -2.36. The average molecular weight is 475 g/mol. The number of aromatic hydroxyl groups is 1. The van der Waals surface area contributed by atoms with E-state index in [1.54, 1.807) is 4.90 Å². The molecular weight excluding hydrogens is 450 g/mol. The maximum absolute atomic E-state index is 15.9. The second-order valence-corrected chi connectivity index (χ2v) is 8.77. The molecule has 0 bridgehead atoms. The summed E-state index contributed by atoms with van der Waals surface area (Å²) in [6, 6.07) is 5.27. The minimum atomic E-state index is -0.816. The number of carbonyl (C=O) groups excluding carboxylic acids is 1. The van der Waals surface area contributed by atoms with Gasteiger partial charge in [-0.25, -0.2) is 18.7 Å². The van der Waals surface area contributed by atoms with Crippen LogP contribution in [0.5, 0.6) is 5.75 Å². The molecule has 6 nitrogen and oxygen atoms in total. The predicted octanol–water partition coefficient (Wildman–Crippen LogP) is 5.12. The molecule has 1 aromatic heterocycles. The van der Waals surface area contributed by atoms with E-state index in [0.29, 0.717) is 49.6 Å². The number of hydrogen-bond acceptors (Lipinski definition) is 5. The van der Waals surface area contributed by atoms with Crippen LogP contribution in [0.4, 0.5) is 14.6 Å². The number of rotatable bonds is 4. The molecule has 0 unspecified atom stereocenters. The highest BCUT2D eigenvalue weighted by atomic mass is 35.5. The van der Waals surface area contributed by atoms with Crippen LogP contribution in [0.2, 0.25) is 5.02 Å². The molecule has 4 rings (SSSR count). The molecule has 2 heterocycles. The molecule has 1 aliphatic heterocycles. The maximum Gasteiger partial charge on any atom is 0.222 e. The van der Waals surface area contributed by atoms with E-state index < -0.39 is 17.4 Å². The zero-order chi connectivity index (χ0) is 23.9. The van der Waals surface area contributed by atoms with E-state index in [1.165, 1.54) is 18.2 Å². The lowest BCUT2D eigenvalue weighted by atomic mass is 10.0. The Morgan fingerprint density at radius 2 is 1.85 bits per heavy atom. The summed E-state index contributed by atoms with van der Waals surface area (Å²) in [6.07, 6.45) is 0.445. The van der Waals surface area contributed by atoms with Crippen LogP contribution in [-0.2, 0) is 4.79 Å². The Morgan fingerprint density at radius 1 is 1.15 bits per heavy atom. The van der Waals surface area contributed by atoms with Gasteiger partial charge < -0.3 is 14.9 Å². The molecule has 1 amide bonds. The number of nitrogens with zero attached hydrogens (tertiary/aromatic N) is 4. The van der Waals surface area contributed by atoms with Crippen LogP contribution < -0.4 is 4.90 Å². The summed E-state index contributed by atoms with van der Waals surface area (Å²) in [4.78, 5) is 25.0. The topological polar surface area (TPSA) is 69.6 Å². The molecule has 3 aromatic rings. The fraction of sp³-hybridized carbons (Fsp3) is 0.375. The van der Waals surface area contributed by atoms with Gasteiger partial charge in [-0.3, -0.25) is 4.79 Å². The normalized spacial score (nSPS) is 14.4. The van der Waals surface area contributed by atoms with E-state index in [-0.39, 0.29) is 33.5 Å². The summed E-state index contributed by atoms with van der Waals surface area (Å²) in [7, 11) is 0. The summed E-state index contributed by atoms with van der Waals surface area (Å²) in [5, 5.41) is 10.6. The number of amides is 1. The average Bonchev–Trinajstić information content (AvgIpc) is 2.80. The molecule has 1 fully saturated rings. The van der Waals surface area contributed by atoms with Crippen molar-refractivity contribution in [2.24, 2.45) is 0 Å². The van der Waals surface area contributed by atoms with Gasteiger partial charge in [-0.15, -0.1) is 0 Å². The summed E-state index contributed by atoms with van der Waals surface area (Å²) in [6.45, 7) is 7.77. The van der Waals surface area contributed by atoms with Crippen LogP contribution in [0, 0.1) is 11.6 Å². The molecule has 1 N–H and O–H groups in total. The number of carbonyl (C=O) groups is 1. The Bertz CT molecular complexity index is 1210. The Kier molecular flexibility index (Phi) is 6.38. The Labute approximate surface area is 195 Å². The number of fused-ring (bicyclic) bond motifs is 1. The van der Waals surface area contributed by atoms with Crippen LogP contribution in [0.15, 0.2) is 24.3 Å². The van der Waals surface area contributed by atoms with Crippen LogP contribution in [0.3, 0.4) is 0 Å². The molecule has 0 spiro atoms. The minimum absolute atomic E-state index is 0.0119. The molecule has 2 aromatic carbocycles. The fourth-order valence-corrected chi connectivity index (χ4v) is 4.36. The third kappa shape index (κ3) is 4.19. The van der Waals surface area contributed by atoms with Gasteiger partial charge in [-0.05, 0) is 18.2 Å². The molecule has 1 saturated heterocycles. The van der Waals surface area contributed by atoms with E-state index >= 15 is 4.39 Å². The van der Waals surface area contributed by atoms with Crippen molar-refractivity contribution in [2.75, 3.05) is 31.1 Å². The van der Waals surface area contributed by atoms with Crippen molar-refractivity contribution < 1.29 is 18.7 Å². The molecule has 1 aliphatic rings. The van der Waals surface area contributed by atoms with Gasteiger partial charge in [0.05, 0.1) is 10.6 Å². The van der Waals surface area contributed by atoms with Crippen molar-refractivity contribution in [2.45, 2.75) is 33.1 Å². The number of benzene rings is 2. The third-order valence-corrected chi connectivity index (χ3v) is 6.17. The minimum Gasteiger partial charge on any atom is -0.507 e. The summed E-state index contributed by atoms with van der Waals surface area (Å²) in [5.41, 5.74) is -0.532. The standard InChI is InChI=1S/C24H25ClF2N4O2/c1-4-18(33)30-8-10-31(11-9-30)24-14-12-15(25)19(20-16(26)6-5-7-17(20)32)21(27)22(14)28-23(29-24)13(2)3/h5-7,12-13,32H,4,8-11H2,1-3H3. The SMILES string of the molecule is CCC(=O)N1CCN(c2nc(C(C)C)nc3c(F)c(-c4c(O)cccc4F)c(Cl)cc23)CC1. The van der Waals surface area contributed by atoms with E-state index in [1.807, 2.05) is 25.7 Å². The van der Waals surface area contributed by atoms with Gasteiger partial charge in [0.15, 0.2) is 5.82 Å². The molecule has 0 atom stereocenters. The van der Waals surface area contributed by atoms with Crippen molar-refractivity contribution in [1.29, 1.82) is 0 Å². The largest absolute Gasteiger partial charge is 0.507 e. The van der Waals surface area contributed by atoms with Gasteiger partial charge in [-0.2, -0.15) is 0 Å². The van der Waals surface area contributed by atoms with Gasteiger partial charge in [-0.1, -0.05) is 38.4 Å². The Morgan fingerprint density at radius 3 is 2.45 bits per heavy atom. The summed E-state index contributed by atoms with van der Waals surface area (Å²) >= 11 is 6.44. The first-order valence-corrected chi connectivity index (χ1v) is 11.3. The molecule has 174 valence electrons. The lowest BCUT2D eigenvalue weighted by molar-refractivity contribution is -0.131. The summed E-state index contributed by atoms with van der Waals surface area (Å²) in [5.74, 6) is -1.05. The Balaban J connectivity index is 1.88. The second kappa shape index (κ2) is 9.09. The highest BCUT2D eigenvalue weighted by Crippen LogP contribution is 2.42. The molecular formula is C24H25ClF2N4O2. The van der Waals surface area contributed by atoms with Crippen molar-refractivity contribution >= 4 is 34.2 Å². The van der Waals surface area contributed by atoms with E-state index in [2.05, 4.69) is 4.98 Å². The first-order valence-electron chi connectivity index (χ1n) is 10.9. The number of piperazine rings is 1. The fourth-order valence-electron chi connectivity index (χ4n) is 4.08. The summed E-state index contributed by atoms with van der Waals surface area (Å²) < 4.78 is 30.4. The van der Waals surface area contributed by atoms with Gasteiger partial charge in [0, 0.05) is 49.5 Å². The van der Waals surface area contributed by atoms with Crippen molar-refractivity contribution in [3.63, 3.8) is 0 Å². The molecule has 0 saturated carbocycles. The van der Waals surface area contributed by atoms with Gasteiger partial charge in [0.25, 0.3) is 0 Å². The molecule has 33 heavy (non-hydrogen) atoms. The van der Waals surface area contributed by atoms with E-state index in [9.17, 15) is 14.3 Å². The molecule has 0 radical (unpaired) electrons. The first-order chi connectivity index (χ1) is 15.7. The van der Waals surface area contributed by atoms with Gasteiger partial charge in [0.1, 0.15) is 28.7 Å². The highest BCUT2D eigenvalue weighted by molar-refractivity contribution is 6.34. The monoisotopic (exact) mass is 474 g/mol. The first kappa shape index (κ1) is 23.2. The second-order valence-electron chi connectivity index (χ2n) is 8.36. The zero-order valence-corrected chi connectivity index (χ0v) is 19.5. The van der Waals surface area contributed by atoms with Crippen molar-refractivity contribution in [3.8, 4) is 16.9 Å². The number of aromatic nitrogens is 2. The molecule has 9 heteroatoms. The number of halogens is 3. The van der Waals surface area contributed by atoms with Crippen molar-refractivity contribution in [3.05, 3.63) is 46.7 Å². The highest BCUT2D eigenvalue weighted by Gasteiger charge is 2.27. The van der Waals surface area contributed by atoms with Gasteiger partial charge >= 0.3 is 0 Å². The zero-order valence-electron chi connectivity index (χ0n) is 18.7. The quantitative estimate of drug-likeness (QED) is 0.568. The number of phenols is 1. The molecule has 0 aliphatic carbocycles. The van der Waals surface area contributed by atoms with Crippen LogP contribution in [0.1, 0.15) is 38.9 Å². The lowest BCUT2D eigenvalue weighted by Crippen LogP contribution is -2.49. The Hall–Kier alpha value is -3.00. The van der Waals surface area contributed by atoms with Crippen molar-refractivity contribution in [1.82, 2.24) is 14.9 Å². The number of hydrogen-bond donors (Lipinski definition) is 1. The smallest absolute Gasteiger partial charge is 0.222 e. The van der Waals surface area contributed by atoms with Gasteiger partial charge in [0.2, 0.25) is 5.91 Å². The van der Waals surface area contributed by atoms with E-state index in [4.69, 9.17) is 16.6 Å². The third-order valence-electron chi connectivity index (χ3n) is 5.87. The predicted molar refractivity (Wildman–Crippen MR) is 125 cm³/mol. The number of phenolic OH excluding ortho intramolecular Hbond substituents is 1. The van der Waals surface area contributed by atoms with E-state index in [0.717, 1.165) is 6.07 Å². The van der Waals surface area contributed by atoms with Crippen LogP contribution in [0.25, 0.3) is 22.0 Å². The van der Waals surface area contributed by atoms with Crippen LogP contribution in [-0.4, -0.2) is 52.1 Å².